The van der Waals surface area contributed by atoms with Crippen LogP contribution in [-0.2, 0) is 38.0 Å². The zero-order valence-corrected chi connectivity index (χ0v) is 21.8. The molecule has 0 radical (unpaired) electrons. The van der Waals surface area contributed by atoms with Crippen LogP contribution in [0.25, 0.3) is 0 Å². The van der Waals surface area contributed by atoms with Crippen molar-refractivity contribution in [1.82, 2.24) is 0 Å². The van der Waals surface area contributed by atoms with Gasteiger partial charge in [-0.05, 0) is 38.0 Å². The van der Waals surface area contributed by atoms with Gasteiger partial charge in [-0.3, -0.25) is 0 Å². The van der Waals surface area contributed by atoms with E-state index in [2.05, 4.69) is 22.6 Å². The first kappa shape index (κ1) is 31.0. The van der Waals surface area contributed by atoms with Gasteiger partial charge in [0.1, 0.15) is 12.2 Å². The number of hydrogen-bond donors (Lipinski definition) is 0. The lowest BCUT2D eigenvalue weighted by Gasteiger charge is -2.19. The Hall–Kier alpha value is -0.0400. The van der Waals surface area contributed by atoms with Crippen LogP contribution in [0.1, 0.15) is 46.5 Å². The molecule has 0 amide bonds. The highest BCUT2D eigenvalue weighted by Crippen LogP contribution is 2.06. The van der Waals surface area contributed by atoms with E-state index >= 15 is 0 Å². The fourth-order valence-corrected chi connectivity index (χ4v) is 2.82. The lowest BCUT2D eigenvalue weighted by molar-refractivity contribution is -0.160. The first-order chi connectivity index (χ1) is 15.0. The van der Waals surface area contributed by atoms with E-state index in [1.54, 1.807) is 0 Å². The Labute approximate surface area is 202 Å². The topological polar surface area (TPSA) is 81.7 Å². The minimum atomic E-state index is -0.493. The number of alkyl halides is 1. The van der Waals surface area contributed by atoms with Crippen LogP contribution in [0.3, 0.4) is 0 Å². The average Bonchev–Trinajstić information content (AvgIpc) is 2.70. The highest BCUT2D eigenvalue weighted by Gasteiger charge is 2.15. The average molecular weight is 562 g/mol. The molecule has 0 fully saturated rings. The van der Waals surface area contributed by atoms with Gasteiger partial charge < -0.3 is 33.2 Å². The predicted molar refractivity (Wildman–Crippen MR) is 128 cm³/mol. The summed E-state index contributed by atoms with van der Waals surface area (Å²) in [6.45, 7) is 11.3. The standard InChI is InChI=1S/C22H43IO8/c1-22(2,3)31-21(24)20-30-19-18-29-17-16-28-15-14-27-13-12-26-11-10-25-9-7-5-4-6-8-23/h4-20H2,1-3H3. The third-order valence-corrected chi connectivity index (χ3v) is 4.44. The smallest absolute Gasteiger partial charge is 0.332 e. The lowest BCUT2D eigenvalue weighted by Crippen LogP contribution is -2.27. The third kappa shape index (κ3) is 27.9. The Kier molecular flexibility index (Phi) is 23.1. The molecule has 0 aromatic heterocycles. The Balaban J connectivity index is 3.10. The van der Waals surface area contributed by atoms with Crippen LogP contribution >= 0.6 is 22.6 Å². The third-order valence-electron chi connectivity index (χ3n) is 3.67. The second-order valence-electron chi connectivity index (χ2n) is 7.80. The summed E-state index contributed by atoms with van der Waals surface area (Å²) >= 11 is 2.41. The molecule has 0 aliphatic carbocycles. The molecular weight excluding hydrogens is 519 g/mol. The molecule has 0 aromatic carbocycles. The van der Waals surface area contributed by atoms with Gasteiger partial charge >= 0.3 is 5.97 Å². The van der Waals surface area contributed by atoms with E-state index in [0.717, 1.165) is 13.0 Å². The van der Waals surface area contributed by atoms with Crippen molar-refractivity contribution in [2.45, 2.75) is 52.1 Å². The lowest BCUT2D eigenvalue weighted by atomic mass is 10.2. The van der Waals surface area contributed by atoms with Gasteiger partial charge in [-0.1, -0.05) is 35.4 Å². The molecule has 0 bridgehead atoms. The van der Waals surface area contributed by atoms with Crippen molar-refractivity contribution in [3.05, 3.63) is 0 Å². The van der Waals surface area contributed by atoms with E-state index < -0.39 is 5.60 Å². The van der Waals surface area contributed by atoms with Gasteiger partial charge in [-0.25, -0.2) is 4.79 Å². The van der Waals surface area contributed by atoms with Crippen LogP contribution in [0.2, 0.25) is 0 Å². The van der Waals surface area contributed by atoms with Gasteiger partial charge in [0.2, 0.25) is 0 Å². The largest absolute Gasteiger partial charge is 0.458 e. The van der Waals surface area contributed by atoms with Crippen molar-refractivity contribution in [3.8, 4) is 0 Å². The number of halogens is 1. The number of esters is 1. The Morgan fingerprint density at radius 1 is 0.581 bits per heavy atom. The fraction of sp³-hybridized carbons (Fsp3) is 0.955. The summed E-state index contributed by atoms with van der Waals surface area (Å²) in [7, 11) is 0. The Morgan fingerprint density at radius 2 is 0.968 bits per heavy atom. The van der Waals surface area contributed by atoms with Crippen LogP contribution in [-0.4, -0.2) is 95.3 Å². The minimum absolute atomic E-state index is 0.0654. The van der Waals surface area contributed by atoms with E-state index in [-0.39, 0.29) is 12.6 Å². The first-order valence-corrected chi connectivity index (χ1v) is 12.7. The number of hydrogen-bond acceptors (Lipinski definition) is 8. The normalized spacial score (nSPS) is 11.7. The summed E-state index contributed by atoms with van der Waals surface area (Å²) < 4.78 is 38.8. The Bertz CT molecular complexity index is 390. The number of rotatable bonds is 23. The summed E-state index contributed by atoms with van der Waals surface area (Å²) in [6, 6.07) is 0. The summed E-state index contributed by atoms with van der Waals surface area (Å²) in [5.41, 5.74) is -0.493. The number of carbonyl (C=O) groups excluding carboxylic acids is 1. The van der Waals surface area contributed by atoms with Crippen LogP contribution in [0.15, 0.2) is 0 Å². The predicted octanol–water partition coefficient (Wildman–Crippen LogP) is 3.42. The van der Waals surface area contributed by atoms with Crippen molar-refractivity contribution in [2.75, 3.05) is 83.7 Å². The zero-order chi connectivity index (χ0) is 23.0. The molecule has 8 nitrogen and oxygen atoms in total. The summed E-state index contributed by atoms with van der Waals surface area (Å²) in [5, 5.41) is 0. The highest BCUT2D eigenvalue weighted by atomic mass is 127. The number of unbranched alkanes of at least 4 members (excludes halogenated alkanes) is 3. The summed E-state index contributed by atoms with van der Waals surface area (Å²) in [5.74, 6) is -0.373. The van der Waals surface area contributed by atoms with Crippen molar-refractivity contribution in [1.29, 1.82) is 0 Å². The van der Waals surface area contributed by atoms with Crippen molar-refractivity contribution in [3.63, 3.8) is 0 Å². The molecular formula is C22H43IO8. The van der Waals surface area contributed by atoms with Crippen LogP contribution < -0.4 is 0 Å². The van der Waals surface area contributed by atoms with Crippen molar-refractivity contribution >= 4 is 28.6 Å². The minimum Gasteiger partial charge on any atom is -0.458 e. The molecule has 0 unspecified atom stereocenters. The molecule has 0 aliphatic rings. The van der Waals surface area contributed by atoms with Gasteiger partial charge in [0.25, 0.3) is 0 Å². The molecule has 0 atom stereocenters. The van der Waals surface area contributed by atoms with Crippen LogP contribution in [0, 0.1) is 0 Å². The summed E-state index contributed by atoms with van der Waals surface area (Å²) in [6.07, 6.45) is 4.97. The maximum Gasteiger partial charge on any atom is 0.332 e. The SMILES string of the molecule is CC(C)(C)OC(=O)COCCOCCOCCOCCOCCOCCCCCCI. The molecule has 0 rings (SSSR count). The molecule has 0 spiro atoms. The second kappa shape index (κ2) is 23.1. The second-order valence-corrected chi connectivity index (χ2v) is 8.88. The van der Waals surface area contributed by atoms with E-state index in [1.165, 1.54) is 23.7 Å². The molecule has 0 saturated heterocycles. The molecule has 0 heterocycles. The summed E-state index contributed by atoms with van der Waals surface area (Å²) in [4.78, 5) is 11.4. The Morgan fingerprint density at radius 3 is 1.39 bits per heavy atom. The number of ether oxygens (including phenoxy) is 7. The van der Waals surface area contributed by atoms with Gasteiger partial charge in [0.15, 0.2) is 0 Å². The first-order valence-electron chi connectivity index (χ1n) is 11.2. The molecule has 31 heavy (non-hydrogen) atoms. The quantitative estimate of drug-likeness (QED) is 0.0812. The van der Waals surface area contributed by atoms with Crippen molar-refractivity contribution < 1.29 is 38.0 Å². The zero-order valence-electron chi connectivity index (χ0n) is 19.7. The van der Waals surface area contributed by atoms with Crippen LogP contribution in [0.4, 0.5) is 0 Å². The van der Waals surface area contributed by atoms with Gasteiger partial charge in [-0.2, -0.15) is 0 Å². The van der Waals surface area contributed by atoms with Crippen LogP contribution in [0.5, 0.6) is 0 Å². The van der Waals surface area contributed by atoms with E-state index in [4.69, 9.17) is 33.2 Å². The van der Waals surface area contributed by atoms with E-state index in [1.807, 2.05) is 20.8 Å². The maximum absolute atomic E-state index is 11.4. The molecule has 0 aliphatic heterocycles. The van der Waals surface area contributed by atoms with E-state index in [0.29, 0.717) is 66.1 Å². The molecule has 0 N–H and O–H groups in total. The van der Waals surface area contributed by atoms with Crippen molar-refractivity contribution in [2.24, 2.45) is 0 Å². The molecule has 9 heteroatoms. The van der Waals surface area contributed by atoms with Gasteiger partial charge in [0.05, 0.1) is 66.1 Å². The highest BCUT2D eigenvalue weighted by molar-refractivity contribution is 14.1. The van der Waals surface area contributed by atoms with Gasteiger partial charge in [0, 0.05) is 6.61 Å². The maximum atomic E-state index is 11.4. The van der Waals surface area contributed by atoms with E-state index in [9.17, 15) is 4.79 Å². The number of carbonyl (C=O) groups is 1. The monoisotopic (exact) mass is 562 g/mol. The molecule has 0 aromatic rings. The molecule has 0 saturated carbocycles. The molecule has 186 valence electrons. The van der Waals surface area contributed by atoms with Gasteiger partial charge in [-0.15, -0.1) is 0 Å². The fourth-order valence-electron chi connectivity index (χ4n) is 2.28.